The van der Waals surface area contributed by atoms with E-state index in [1.807, 2.05) is 0 Å². The molecule has 2 aromatic rings. The van der Waals surface area contributed by atoms with Crippen LogP contribution in [0, 0.1) is 18.6 Å². The van der Waals surface area contributed by atoms with Crippen LogP contribution in [-0.2, 0) is 6.42 Å². The van der Waals surface area contributed by atoms with Crippen LogP contribution in [0.25, 0.3) is 0 Å². The number of hydrogen-bond acceptors (Lipinski definition) is 2. The first kappa shape index (κ1) is 12.6. The number of aliphatic hydroxyl groups is 1. The third kappa shape index (κ3) is 2.71. The largest absolute Gasteiger partial charge is 0.388 e. The lowest BCUT2D eigenvalue weighted by Gasteiger charge is -2.12. The van der Waals surface area contributed by atoms with Gasteiger partial charge in [-0.1, -0.05) is 12.1 Å². The second-order valence-electron chi connectivity index (χ2n) is 4.16. The molecule has 1 aromatic heterocycles. The molecule has 1 unspecified atom stereocenters. The molecule has 94 valence electrons. The highest BCUT2D eigenvalue weighted by Gasteiger charge is 2.14. The molecule has 1 aromatic carbocycles. The topological polar surface area (TPSA) is 33.1 Å². The fourth-order valence-corrected chi connectivity index (χ4v) is 1.81. The van der Waals surface area contributed by atoms with Crippen molar-refractivity contribution in [2.24, 2.45) is 0 Å². The molecular formula is C14H13F2NO. The molecule has 0 amide bonds. The van der Waals surface area contributed by atoms with Gasteiger partial charge in [-0.2, -0.15) is 0 Å². The predicted octanol–water partition coefficient (Wildman–Crippen LogP) is 2.94. The fraction of sp³-hybridized carbons (Fsp3) is 0.214. The third-order valence-corrected chi connectivity index (χ3v) is 2.75. The van der Waals surface area contributed by atoms with Crippen LogP contribution in [0.15, 0.2) is 36.5 Å². The molecular weight excluding hydrogens is 236 g/mol. The standard InChI is InChI=1S/C14H13F2NO/c1-9-7-10(5-6-17-9)13(18)8-11-3-2-4-12(15)14(11)16/h2-7,13,18H,8H2,1H3. The lowest BCUT2D eigenvalue weighted by molar-refractivity contribution is 0.176. The molecule has 0 spiro atoms. The minimum absolute atomic E-state index is 0.0348. The van der Waals surface area contributed by atoms with Crippen LogP contribution in [-0.4, -0.2) is 10.1 Å². The average molecular weight is 249 g/mol. The Morgan fingerprint density at radius 1 is 1.28 bits per heavy atom. The maximum absolute atomic E-state index is 13.5. The maximum Gasteiger partial charge on any atom is 0.162 e. The molecule has 18 heavy (non-hydrogen) atoms. The van der Waals surface area contributed by atoms with Gasteiger partial charge in [0.05, 0.1) is 6.10 Å². The van der Waals surface area contributed by atoms with Crippen molar-refractivity contribution in [2.45, 2.75) is 19.4 Å². The van der Waals surface area contributed by atoms with E-state index in [4.69, 9.17) is 0 Å². The maximum atomic E-state index is 13.5. The van der Waals surface area contributed by atoms with Crippen molar-refractivity contribution in [1.82, 2.24) is 4.98 Å². The predicted molar refractivity (Wildman–Crippen MR) is 64.0 cm³/mol. The monoisotopic (exact) mass is 249 g/mol. The van der Waals surface area contributed by atoms with Crippen LogP contribution in [0.3, 0.4) is 0 Å². The Morgan fingerprint density at radius 2 is 2.06 bits per heavy atom. The number of rotatable bonds is 3. The summed E-state index contributed by atoms with van der Waals surface area (Å²) in [6, 6.07) is 7.34. The number of halogens is 2. The Kier molecular flexibility index (Phi) is 3.67. The number of benzene rings is 1. The number of aryl methyl sites for hydroxylation is 1. The highest BCUT2D eigenvalue weighted by atomic mass is 19.2. The van der Waals surface area contributed by atoms with Gasteiger partial charge in [-0.25, -0.2) is 8.78 Å². The van der Waals surface area contributed by atoms with Gasteiger partial charge in [0, 0.05) is 18.3 Å². The van der Waals surface area contributed by atoms with Gasteiger partial charge in [0.2, 0.25) is 0 Å². The van der Waals surface area contributed by atoms with Gasteiger partial charge in [-0.3, -0.25) is 4.98 Å². The summed E-state index contributed by atoms with van der Waals surface area (Å²) in [5, 5.41) is 10.00. The Morgan fingerprint density at radius 3 is 2.78 bits per heavy atom. The summed E-state index contributed by atoms with van der Waals surface area (Å²) in [6.07, 6.45) is 0.742. The van der Waals surface area contributed by atoms with Crippen molar-refractivity contribution in [3.8, 4) is 0 Å². The average Bonchev–Trinajstić information content (AvgIpc) is 2.35. The SMILES string of the molecule is Cc1cc(C(O)Cc2cccc(F)c2F)ccn1. The van der Waals surface area contributed by atoms with Crippen molar-refractivity contribution in [3.63, 3.8) is 0 Å². The molecule has 0 fully saturated rings. The zero-order valence-corrected chi connectivity index (χ0v) is 9.90. The van der Waals surface area contributed by atoms with E-state index in [9.17, 15) is 13.9 Å². The summed E-state index contributed by atoms with van der Waals surface area (Å²) in [5.74, 6) is -1.80. The van der Waals surface area contributed by atoms with Crippen molar-refractivity contribution in [3.05, 3.63) is 65.0 Å². The zero-order chi connectivity index (χ0) is 13.1. The minimum Gasteiger partial charge on any atom is -0.388 e. The third-order valence-electron chi connectivity index (χ3n) is 2.75. The van der Waals surface area contributed by atoms with Crippen LogP contribution in [0.5, 0.6) is 0 Å². The molecule has 0 radical (unpaired) electrons. The van der Waals surface area contributed by atoms with E-state index in [1.54, 1.807) is 25.3 Å². The van der Waals surface area contributed by atoms with Gasteiger partial charge >= 0.3 is 0 Å². The molecule has 0 aliphatic carbocycles. The van der Waals surface area contributed by atoms with Gasteiger partial charge in [0.1, 0.15) is 0 Å². The van der Waals surface area contributed by atoms with Gasteiger partial charge in [-0.15, -0.1) is 0 Å². The molecule has 0 aliphatic heterocycles. The molecule has 0 saturated carbocycles. The number of pyridine rings is 1. The summed E-state index contributed by atoms with van der Waals surface area (Å²) >= 11 is 0. The van der Waals surface area contributed by atoms with Crippen LogP contribution < -0.4 is 0 Å². The number of aliphatic hydroxyl groups excluding tert-OH is 1. The van der Waals surface area contributed by atoms with Crippen molar-refractivity contribution < 1.29 is 13.9 Å². The summed E-state index contributed by atoms with van der Waals surface area (Å²) in [6.45, 7) is 1.80. The van der Waals surface area contributed by atoms with Gasteiger partial charge in [-0.05, 0) is 36.2 Å². The van der Waals surface area contributed by atoms with Crippen molar-refractivity contribution >= 4 is 0 Å². The minimum atomic E-state index is -0.901. The lowest BCUT2D eigenvalue weighted by atomic mass is 10.0. The fourth-order valence-electron chi connectivity index (χ4n) is 1.81. The highest BCUT2D eigenvalue weighted by Crippen LogP contribution is 2.21. The Hall–Kier alpha value is -1.81. The Bertz CT molecular complexity index is 557. The molecule has 0 saturated heterocycles. The van der Waals surface area contributed by atoms with E-state index in [1.165, 1.54) is 12.1 Å². The smallest absolute Gasteiger partial charge is 0.162 e. The van der Waals surface area contributed by atoms with Crippen LogP contribution in [0.2, 0.25) is 0 Å². The van der Waals surface area contributed by atoms with E-state index < -0.39 is 17.7 Å². The van der Waals surface area contributed by atoms with E-state index in [0.717, 1.165) is 11.8 Å². The van der Waals surface area contributed by atoms with Crippen LogP contribution in [0.1, 0.15) is 22.9 Å². The summed E-state index contributed by atoms with van der Waals surface area (Å²) in [4.78, 5) is 4.02. The molecule has 2 nitrogen and oxygen atoms in total. The summed E-state index contributed by atoms with van der Waals surface area (Å²) < 4.78 is 26.5. The summed E-state index contributed by atoms with van der Waals surface area (Å²) in [7, 11) is 0. The highest BCUT2D eigenvalue weighted by molar-refractivity contribution is 5.24. The van der Waals surface area contributed by atoms with Crippen molar-refractivity contribution in [2.75, 3.05) is 0 Å². The van der Waals surface area contributed by atoms with Crippen LogP contribution in [0.4, 0.5) is 8.78 Å². The van der Waals surface area contributed by atoms with E-state index in [-0.39, 0.29) is 12.0 Å². The zero-order valence-electron chi connectivity index (χ0n) is 9.90. The normalized spacial score (nSPS) is 12.4. The van der Waals surface area contributed by atoms with Gasteiger partial charge < -0.3 is 5.11 Å². The number of aromatic nitrogens is 1. The van der Waals surface area contributed by atoms with E-state index in [2.05, 4.69) is 4.98 Å². The Labute approximate surface area is 104 Å². The first-order valence-corrected chi connectivity index (χ1v) is 5.61. The van der Waals surface area contributed by atoms with Gasteiger partial charge in [0.15, 0.2) is 11.6 Å². The lowest BCUT2D eigenvalue weighted by Crippen LogP contribution is -2.05. The second-order valence-corrected chi connectivity index (χ2v) is 4.16. The molecule has 4 heteroatoms. The first-order valence-electron chi connectivity index (χ1n) is 5.61. The molecule has 1 N–H and O–H groups in total. The molecule has 1 atom stereocenters. The first-order chi connectivity index (χ1) is 8.58. The van der Waals surface area contributed by atoms with Crippen molar-refractivity contribution in [1.29, 1.82) is 0 Å². The Balaban J connectivity index is 2.21. The summed E-state index contributed by atoms with van der Waals surface area (Å²) in [5.41, 5.74) is 1.58. The number of hydrogen-bond donors (Lipinski definition) is 1. The second kappa shape index (κ2) is 5.23. The molecule has 0 bridgehead atoms. The molecule has 2 rings (SSSR count). The molecule has 1 heterocycles. The number of nitrogens with zero attached hydrogens (tertiary/aromatic N) is 1. The van der Waals surface area contributed by atoms with Gasteiger partial charge in [0.25, 0.3) is 0 Å². The quantitative estimate of drug-likeness (QED) is 0.907. The van der Waals surface area contributed by atoms with Crippen LogP contribution >= 0.6 is 0 Å². The van der Waals surface area contributed by atoms with E-state index >= 15 is 0 Å². The van der Waals surface area contributed by atoms with E-state index in [0.29, 0.717) is 5.56 Å². The molecule has 0 aliphatic rings.